The fourth-order valence-electron chi connectivity index (χ4n) is 1.81. The Morgan fingerprint density at radius 2 is 2.20 bits per heavy atom. The summed E-state index contributed by atoms with van der Waals surface area (Å²) in [4.78, 5) is 0. The van der Waals surface area contributed by atoms with Crippen molar-refractivity contribution >= 4 is 0 Å². The first kappa shape index (κ1) is 12.2. The van der Waals surface area contributed by atoms with E-state index in [9.17, 15) is 0 Å². The van der Waals surface area contributed by atoms with Crippen LogP contribution in [-0.4, -0.2) is 21.5 Å². The van der Waals surface area contributed by atoms with Gasteiger partial charge in [-0.25, -0.2) is 0 Å². The van der Waals surface area contributed by atoms with Crippen LogP contribution in [0.1, 0.15) is 50.4 Å². The van der Waals surface area contributed by atoms with Crippen molar-refractivity contribution in [2.24, 2.45) is 5.73 Å². The van der Waals surface area contributed by atoms with Crippen molar-refractivity contribution in [1.29, 1.82) is 0 Å². The van der Waals surface area contributed by atoms with Crippen LogP contribution in [0.3, 0.4) is 0 Å². The van der Waals surface area contributed by atoms with E-state index in [4.69, 9.17) is 10.8 Å². The SMILES string of the molecule is CCCn1ncc(C(N)CO)c1C(C)C. The second-order valence-corrected chi connectivity index (χ2v) is 4.15. The molecule has 1 heterocycles. The Bertz CT molecular complexity index is 307. The van der Waals surface area contributed by atoms with Gasteiger partial charge in [0.2, 0.25) is 0 Å². The molecular weight excluding hydrogens is 190 g/mol. The van der Waals surface area contributed by atoms with Crippen LogP contribution in [0.15, 0.2) is 6.20 Å². The van der Waals surface area contributed by atoms with Crippen molar-refractivity contribution in [3.05, 3.63) is 17.5 Å². The first-order valence-corrected chi connectivity index (χ1v) is 5.53. The molecule has 1 rings (SSSR count). The smallest absolute Gasteiger partial charge is 0.0625 e. The summed E-state index contributed by atoms with van der Waals surface area (Å²) in [5.74, 6) is 0.381. The lowest BCUT2D eigenvalue weighted by Gasteiger charge is -2.14. The largest absolute Gasteiger partial charge is 0.394 e. The summed E-state index contributed by atoms with van der Waals surface area (Å²) in [6, 6.07) is -0.312. The number of nitrogens with two attached hydrogens (primary N) is 1. The summed E-state index contributed by atoms with van der Waals surface area (Å²) in [5, 5.41) is 13.4. The Kier molecular flexibility index (Phi) is 4.29. The van der Waals surface area contributed by atoms with Gasteiger partial charge in [0.25, 0.3) is 0 Å². The predicted octanol–water partition coefficient (Wildman–Crippen LogP) is 1.41. The second kappa shape index (κ2) is 5.28. The number of rotatable bonds is 5. The molecule has 0 aliphatic carbocycles. The number of aromatic nitrogens is 2. The van der Waals surface area contributed by atoms with Crippen molar-refractivity contribution in [3.8, 4) is 0 Å². The number of aliphatic hydroxyl groups excluding tert-OH is 1. The molecule has 1 atom stereocenters. The van der Waals surface area contributed by atoms with Crippen molar-refractivity contribution in [1.82, 2.24) is 9.78 Å². The number of hydrogen-bond donors (Lipinski definition) is 2. The molecule has 0 fully saturated rings. The molecule has 0 aliphatic heterocycles. The van der Waals surface area contributed by atoms with E-state index in [0.29, 0.717) is 5.92 Å². The number of nitrogens with zero attached hydrogens (tertiary/aromatic N) is 2. The van der Waals surface area contributed by atoms with Crippen LogP contribution in [0.4, 0.5) is 0 Å². The number of aryl methyl sites for hydroxylation is 1. The molecule has 1 unspecified atom stereocenters. The Morgan fingerprint density at radius 3 is 2.67 bits per heavy atom. The third-order valence-corrected chi connectivity index (χ3v) is 2.49. The second-order valence-electron chi connectivity index (χ2n) is 4.15. The van der Waals surface area contributed by atoms with Gasteiger partial charge >= 0.3 is 0 Å². The molecule has 0 saturated carbocycles. The molecule has 0 amide bonds. The van der Waals surface area contributed by atoms with E-state index >= 15 is 0 Å². The van der Waals surface area contributed by atoms with Gasteiger partial charge in [0.05, 0.1) is 18.8 Å². The van der Waals surface area contributed by atoms with E-state index in [1.807, 2.05) is 4.68 Å². The first-order chi connectivity index (χ1) is 7.11. The minimum absolute atomic E-state index is 0.0302. The summed E-state index contributed by atoms with van der Waals surface area (Å²) in [7, 11) is 0. The zero-order valence-corrected chi connectivity index (χ0v) is 9.77. The summed E-state index contributed by atoms with van der Waals surface area (Å²) in [6.45, 7) is 7.24. The van der Waals surface area contributed by atoms with Crippen LogP contribution in [0, 0.1) is 0 Å². The minimum Gasteiger partial charge on any atom is -0.394 e. The highest BCUT2D eigenvalue weighted by molar-refractivity contribution is 5.24. The van der Waals surface area contributed by atoms with E-state index in [-0.39, 0.29) is 12.6 Å². The molecule has 0 aliphatic rings. The summed E-state index contributed by atoms with van der Waals surface area (Å²) in [5.41, 5.74) is 7.96. The lowest BCUT2D eigenvalue weighted by atomic mass is 10.0. The van der Waals surface area contributed by atoms with Gasteiger partial charge in [0.15, 0.2) is 0 Å². The van der Waals surface area contributed by atoms with E-state index in [1.165, 1.54) is 0 Å². The van der Waals surface area contributed by atoms with Gasteiger partial charge in [-0.05, 0) is 12.3 Å². The van der Waals surface area contributed by atoms with Crippen LogP contribution in [0.2, 0.25) is 0 Å². The molecule has 86 valence electrons. The van der Waals surface area contributed by atoms with Crippen molar-refractivity contribution in [3.63, 3.8) is 0 Å². The Morgan fingerprint density at radius 1 is 1.53 bits per heavy atom. The Hall–Kier alpha value is -0.870. The summed E-state index contributed by atoms with van der Waals surface area (Å²) >= 11 is 0. The Labute approximate surface area is 91.1 Å². The molecule has 4 nitrogen and oxygen atoms in total. The van der Waals surface area contributed by atoms with Crippen LogP contribution in [0.25, 0.3) is 0 Å². The van der Waals surface area contributed by atoms with Crippen molar-refractivity contribution < 1.29 is 5.11 Å². The van der Waals surface area contributed by atoms with E-state index < -0.39 is 0 Å². The molecule has 0 bridgehead atoms. The average molecular weight is 211 g/mol. The maximum Gasteiger partial charge on any atom is 0.0625 e. The maximum absolute atomic E-state index is 9.07. The Balaban J connectivity index is 3.06. The fraction of sp³-hybridized carbons (Fsp3) is 0.727. The molecule has 15 heavy (non-hydrogen) atoms. The quantitative estimate of drug-likeness (QED) is 0.774. The molecule has 4 heteroatoms. The van der Waals surface area contributed by atoms with Crippen molar-refractivity contribution in [2.45, 2.75) is 45.7 Å². The zero-order chi connectivity index (χ0) is 11.4. The minimum atomic E-state index is -0.312. The molecule has 0 spiro atoms. The van der Waals surface area contributed by atoms with Gasteiger partial charge < -0.3 is 10.8 Å². The fourth-order valence-corrected chi connectivity index (χ4v) is 1.81. The standard InChI is InChI=1S/C11H21N3O/c1-4-5-14-11(8(2)3)9(6-13-14)10(12)7-15/h6,8,10,15H,4-5,7,12H2,1-3H3. The van der Waals surface area contributed by atoms with E-state index in [2.05, 4.69) is 25.9 Å². The molecule has 3 N–H and O–H groups in total. The van der Waals surface area contributed by atoms with Gasteiger partial charge in [0, 0.05) is 17.8 Å². The molecular formula is C11H21N3O. The molecule has 1 aromatic heterocycles. The van der Waals surface area contributed by atoms with Gasteiger partial charge in [-0.1, -0.05) is 20.8 Å². The molecule has 0 radical (unpaired) electrons. The van der Waals surface area contributed by atoms with E-state index in [0.717, 1.165) is 24.2 Å². The number of hydrogen-bond acceptors (Lipinski definition) is 3. The third-order valence-electron chi connectivity index (χ3n) is 2.49. The predicted molar refractivity (Wildman–Crippen MR) is 60.6 cm³/mol. The van der Waals surface area contributed by atoms with Gasteiger partial charge in [0.1, 0.15) is 0 Å². The third kappa shape index (κ3) is 2.58. The van der Waals surface area contributed by atoms with Crippen LogP contribution >= 0.6 is 0 Å². The average Bonchev–Trinajstić information content (AvgIpc) is 2.61. The maximum atomic E-state index is 9.07. The summed E-state index contributed by atoms with van der Waals surface area (Å²) < 4.78 is 2.00. The van der Waals surface area contributed by atoms with Gasteiger partial charge in [-0.3, -0.25) is 4.68 Å². The molecule has 1 aromatic rings. The molecule has 0 saturated heterocycles. The lowest BCUT2D eigenvalue weighted by Crippen LogP contribution is -2.17. The van der Waals surface area contributed by atoms with E-state index in [1.54, 1.807) is 6.20 Å². The highest BCUT2D eigenvalue weighted by Gasteiger charge is 2.18. The van der Waals surface area contributed by atoms with Crippen molar-refractivity contribution in [2.75, 3.05) is 6.61 Å². The van der Waals surface area contributed by atoms with Gasteiger partial charge in [-0.15, -0.1) is 0 Å². The highest BCUT2D eigenvalue weighted by atomic mass is 16.3. The van der Waals surface area contributed by atoms with Crippen LogP contribution < -0.4 is 5.73 Å². The van der Waals surface area contributed by atoms with Gasteiger partial charge in [-0.2, -0.15) is 5.10 Å². The number of aliphatic hydroxyl groups is 1. The monoisotopic (exact) mass is 211 g/mol. The van der Waals surface area contributed by atoms with Crippen LogP contribution in [-0.2, 0) is 6.54 Å². The topological polar surface area (TPSA) is 64.1 Å². The van der Waals surface area contributed by atoms with Crippen LogP contribution in [0.5, 0.6) is 0 Å². The highest BCUT2D eigenvalue weighted by Crippen LogP contribution is 2.23. The molecule has 0 aromatic carbocycles. The lowest BCUT2D eigenvalue weighted by molar-refractivity contribution is 0.267. The zero-order valence-electron chi connectivity index (χ0n) is 9.77. The first-order valence-electron chi connectivity index (χ1n) is 5.53. The summed E-state index contributed by atoms with van der Waals surface area (Å²) in [6.07, 6.45) is 2.83. The normalized spacial score (nSPS) is 13.5.